The van der Waals surface area contributed by atoms with Gasteiger partial charge in [0.1, 0.15) is 17.7 Å². The Morgan fingerprint density at radius 1 is 1.35 bits per heavy atom. The van der Waals surface area contributed by atoms with Gasteiger partial charge in [-0.05, 0) is 24.5 Å². The van der Waals surface area contributed by atoms with Gasteiger partial charge in [-0.2, -0.15) is 0 Å². The van der Waals surface area contributed by atoms with Gasteiger partial charge in [0.05, 0.1) is 42.9 Å². The van der Waals surface area contributed by atoms with Gasteiger partial charge in [-0.15, -0.1) is 0 Å². The highest BCUT2D eigenvalue weighted by atomic mass is 16.6. The summed E-state index contributed by atoms with van der Waals surface area (Å²) in [6.07, 6.45) is 1.27. The first-order chi connectivity index (χ1) is 12.4. The zero-order valence-corrected chi connectivity index (χ0v) is 15.0. The maximum absolute atomic E-state index is 13.7. The molecule has 2 bridgehead atoms. The fourth-order valence-electron chi connectivity index (χ4n) is 6.28. The van der Waals surface area contributed by atoms with Crippen LogP contribution in [-0.4, -0.2) is 48.4 Å². The van der Waals surface area contributed by atoms with E-state index in [1.165, 1.54) is 14.0 Å². The minimum absolute atomic E-state index is 0.00814. The van der Waals surface area contributed by atoms with Crippen molar-refractivity contribution in [3.8, 4) is 0 Å². The molecule has 1 saturated carbocycles. The number of para-hydroxylation sites is 1. The molecule has 26 heavy (non-hydrogen) atoms. The molecular weight excluding hydrogens is 332 g/mol. The average molecular weight is 354 g/mol. The third-order valence-electron chi connectivity index (χ3n) is 7.32. The van der Waals surface area contributed by atoms with Gasteiger partial charge < -0.3 is 14.6 Å². The predicted octanol–water partition coefficient (Wildman–Crippen LogP) is 2.13. The third kappa shape index (κ3) is 1.71. The second kappa shape index (κ2) is 5.02. The van der Waals surface area contributed by atoms with Crippen LogP contribution in [0.2, 0.25) is 0 Å². The summed E-state index contributed by atoms with van der Waals surface area (Å²) in [7, 11) is 1.39. The summed E-state index contributed by atoms with van der Waals surface area (Å²) < 4.78 is 4.80. The minimum atomic E-state index is -0.538. The molecule has 0 radical (unpaired) electrons. The van der Waals surface area contributed by atoms with Crippen LogP contribution in [0.3, 0.4) is 0 Å². The van der Waals surface area contributed by atoms with E-state index in [2.05, 4.69) is 0 Å². The molecule has 0 N–H and O–H groups in total. The Hall–Kier alpha value is -2.05. The van der Waals surface area contributed by atoms with E-state index in [0.717, 1.165) is 17.0 Å². The van der Waals surface area contributed by atoms with Gasteiger partial charge in [0, 0.05) is 12.8 Å². The fraction of sp³-hybridized carbons (Fsp3) is 0.550. The van der Waals surface area contributed by atoms with Crippen LogP contribution in [0.25, 0.3) is 0 Å². The summed E-state index contributed by atoms with van der Waals surface area (Å²) in [5, 5.41) is 13.7. The van der Waals surface area contributed by atoms with Crippen molar-refractivity contribution >= 4 is 23.2 Å². The number of carbonyl (C=O) groups is 2. The van der Waals surface area contributed by atoms with E-state index in [0.29, 0.717) is 19.4 Å². The van der Waals surface area contributed by atoms with E-state index in [1.54, 1.807) is 0 Å². The van der Waals surface area contributed by atoms with Crippen molar-refractivity contribution in [3.05, 3.63) is 35.0 Å². The van der Waals surface area contributed by atoms with Crippen molar-refractivity contribution in [1.29, 1.82) is 0 Å². The van der Waals surface area contributed by atoms with Gasteiger partial charge in [-0.1, -0.05) is 18.2 Å². The molecule has 1 aliphatic carbocycles. The number of esters is 1. The molecule has 136 valence electrons. The minimum Gasteiger partial charge on any atom is -0.633 e. The fourth-order valence-corrected chi connectivity index (χ4v) is 6.28. The second-order valence-electron chi connectivity index (χ2n) is 8.23. The van der Waals surface area contributed by atoms with E-state index in [-0.39, 0.29) is 34.9 Å². The van der Waals surface area contributed by atoms with E-state index in [9.17, 15) is 14.8 Å². The number of ketones is 1. The summed E-state index contributed by atoms with van der Waals surface area (Å²) in [5.41, 5.74) is 2.23. The number of hydrogen-bond acceptors (Lipinski definition) is 5. The number of hydrogen-bond donors (Lipinski definition) is 0. The van der Waals surface area contributed by atoms with Crippen molar-refractivity contribution < 1.29 is 19.0 Å². The van der Waals surface area contributed by atoms with Crippen LogP contribution in [-0.2, 0) is 19.7 Å². The van der Waals surface area contributed by atoms with Gasteiger partial charge in [0.2, 0.25) is 0 Å². The summed E-state index contributed by atoms with van der Waals surface area (Å²) >= 11 is 0. The summed E-state index contributed by atoms with van der Waals surface area (Å²) in [4.78, 5) is 30.0. The predicted molar refractivity (Wildman–Crippen MR) is 94.8 cm³/mol. The molecule has 6 atom stereocenters. The number of hydroxylamine groups is 3. The molecule has 1 aromatic rings. The summed E-state index contributed by atoms with van der Waals surface area (Å²) in [5.74, 6) is -1.47. The normalized spacial score (nSPS) is 41.9. The van der Waals surface area contributed by atoms with Crippen molar-refractivity contribution in [2.75, 3.05) is 20.2 Å². The third-order valence-corrected chi connectivity index (χ3v) is 7.32. The zero-order valence-electron chi connectivity index (χ0n) is 15.0. The van der Waals surface area contributed by atoms with Crippen LogP contribution in [0.15, 0.2) is 29.3 Å². The Kier molecular flexibility index (Phi) is 3.12. The molecule has 3 aliphatic heterocycles. The Bertz CT molecular complexity index is 865. The quantitative estimate of drug-likeness (QED) is 0.463. The molecule has 1 aromatic carbocycles. The standard InChI is InChI=1S/C20H22N2O4/c1-11(23)13-10-22(25)8-7-20-14-5-3-4-6-15(14)21-18(20)17(19(24)26-2)12(13)9-16(20)22/h3-6,12-13,16-17H,7-10H2,1-2H3/t12-,13-,16-,17?,20+,22?/m1/s1. The molecule has 0 aromatic heterocycles. The van der Waals surface area contributed by atoms with E-state index in [4.69, 9.17) is 9.73 Å². The molecule has 2 unspecified atom stereocenters. The maximum atomic E-state index is 13.7. The Morgan fingerprint density at radius 2 is 2.12 bits per heavy atom. The molecule has 3 fully saturated rings. The van der Waals surface area contributed by atoms with Crippen molar-refractivity contribution in [2.24, 2.45) is 22.7 Å². The number of piperidine rings is 1. The molecule has 1 spiro atoms. The second-order valence-corrected chi connectivity index (χ2v) is 8.23. The van der Waals surface area contributed by atoms with Crippen LogP contribution in [0, 0.1) is 23.0 Å². The number of Topliss-reactive ketones (excluding diaryl/α,β-unsaturated/α-hetero) is 1. The number of quaternary nitrogens is 1. The van der Waals surface area contributed by atoms with Crippen molar-refractivity contribution in [2.45, 2.75) is 31.2 Å². The van der Waals surface area contributed by atoms with Crippen molar-refractivity contribution in [3.63, 3.8) is 0 Å². The van der Waals surface area contributed by atoms with E-state index in [1.807, 2.05) is 24.3 Å². The monoisotopic (exact) mass is 354 g/mol. The number of ether oxygens (including phenoxy) is 1. The molecule has 6 nitrogen and oxygen atoms in total. The maximum Gasteiger partial charge on any atom is 0.314 e. The highest BCUT2D eigenvalue weighted by molar-refractivity contribution is 6.13. The highest BCUT2D eigenvalue weighted by Crippen LogP contribution is 2.62. The Balaban J connectivity index is 1.76. The van der Waals surface area contributed by atoms with Crippen LogP contribution in [0.4, 0.5) is 5.69 Å². The summed E-state index contributed by atoms with van der Waals surface area (Å²) in [6, 6.07) is 7.75. The number of benzene rings is 1. The lowest BCUT2D eigenvalue weighted by Gasteiger charge is -2.58. The van der Waals surface area contributed by atoms with Gasteiger partial charge in [-0.25, -0.2) is 0 Å². The lowest BCUT2D eigenvalue weighted by atomic mass is 9.55. The van der Waals surface area contributed by atoms with Gasteiger partial charge in [0.15, 0.2) is 0 Å². The first-order valence-corrected chi connectivity index (χ1v) is 9.27. The van der Waals surface area contributed by atoms with Crippen LogP contribution < -0.4 is 0 Å². The number of rotatable bonds is 2. The van der Waals surface area contributed by atoms with Gasteiger partial charge >= 0.3 is 5.97 Å². The van der Waals surface area contributed by atoms with Crippen molar-refractivity contribution in [1.82, 2.24) is 0 Å². The first kappa shape index (κ1) is 16.1. The summed E-state index contributed by atoms with van der Waals surface area (Å²) in [6.45, 7) is 2.28. The van der Waals surface area contributed by atoms with Gasteiger partial charge in [0.25, 0.3) is 0 Å². The Labute approximate surface area is 152 Å². The molecule has 6 heteroatoms. The highest BCUT2D eigenvalue weighted by Gasteiger charge is 2.70. The zero-order chi connectivity index (χ0) is 18.3. The topological polar surface area (TPSA) is 78.8 Å². The largest absolute Gasteiger partial charge is 0.633 e. The number of nitrogens with zero attached hydrogens (tertiary/aromatic N) is 2. The molecule has 0 amide bonds. The van der Waals surface area contributed by atoms with E-state index >= 15 is 0 Å². The first-order valence-electron chi connectivity index (χ1n) is 9.27. The van der Waals surface area contributed by atoms with Crippen LogP contribution >= 0.6 is 0 Å². The number of aliphatic imine (C=N–C) groups is 1. The molecule has 2 saturated heterocycles. The molecule has 3 heterocycles. The number of fused-ring (bicyclic) bond motifs is 2. The number of carbonyl (C=O) groups excluding carboxylic acids is 2. The lowest BCUT2D eigenvalue weighted by molar-refractivity contribution is -0.904. The van der Waals surface area contributed by atoms with Crippen LogP contribution in [0.5, 0.6) is 0 Å². The lowest BCUT2D eigenvalue weighted by Crippen LogP contribution is -2.68. The smallest absolute Gasteiger partial charge is 0.314 e. The average Bonchev–Trinajstić information content (AvgIpc) is 3.14. The number of methoxy groups -OCH3 is 1. The van der Waals surface area contributed by atoms with E-state index < -0.39 is 17.3 Å². The van der Waals surface area contributed by atoms with Crippen LogP contribution in [0.1, 0.15) is 25.3 Å². The van der Waals surface area contributed by atoms with Gasteiger partial charge in [-0.3, -0.25) is 14.6 Å². The molecular formula is C20H22N2O4. The molecule has 4 aliphatic rings. The Morgan fingerprint density at radius 3 is 2.85 bits per heavy atom. The SMILES string of the molecule is COC(=O)C1C2=Nc3ccccc3[C@]23CC[N+]2([O-])C[C@H](C(C)=O)[C@H]1C[C@H]32. The molecule has 5 rings (SSSR count).